The molecule has 5 nitrogen and oxygen atoms in total. The molecule has 1 aliphatic carbocycles. The average molecular weight is 235 g/mol. The Hall–Kier alpha value is -1.78. The van der Waals surface area contributed by atoms with E-state index in [1.165, 1.54) is 12.5 Å². The molecule has 0 atom stereocenters. The Morgan fingerprint density at radius 3 is 2.29 bits per heavy atom. The van der Waals surface area contributed by atoms with Crippen LogP contribution < -0.4 is 11.5 Å². The van der Waals surface area contributed by atoms with Crippen molar-refractivity contribution in [3.63, 3.8) is 0 Å². The van der Waals surface area contributed by atoms with Crippen molar-refractivity contribution in [1.29, 1.82) is 0 Å². The van der Waals surface area contributed by atoms with Gasteiger partial charge in [-0.2, -0.15) is 0 Å². The summed E-state index contributed by atoms with van der Waals surface area (Å²) in [6, 6.07) is 3.19. The van der Waals surface area contributed by atoms with E-state index in [-0.39, 0.29) is 17.3 Å². The summed E-state index contributed by atoms with van der Waals surface area (Å²) in [5.74, 6) is 0.188. The Balaban J connectivity index is 2.49. The summed E-state index contributed by atoms with van der Waals surface area (Å²) < 4.78 is 0. The molecule has 0 radical (unpaired) electrons. The molecule has 1 saturated carbocycles. The monoisotopic (exact) mass is 235 g/mol. The first kappa shape index (κ1) is 11.7. The first-order chi connectivity index (χ1) is 8.11. The Labute approximate surface area is 99.9 Å². The van der Waals surface area contributed by atoms with E-state index in [0.717, 1.165) is 25.7 Å². The molecule has 0 heterocycles. The van der Waals surface area contributed by atoms with Gasteiger partial charge in [-0.3, -0.25) is 10.1 Å². The van der Waals surface area contributed by atoms with Crippen molar-refractivity contribution < 1.29 is 4.92 Å². The molecule has 5 heteroatoms. The van der Waals surface area contributed by atoms with Gasteiger partial charge in [0.1, 0.15) is 5.69 Å². The lowest BCUT2D eigenvalue weighted by atomic mass is 9.82. The van der Waals surface area contributed by atoms with E-state index in [4.69, 9.17) is 11.5 Å². The number of nitro benzene ring substituents is 1. The van der Waals surface area contributed by atoms with Gasteiger partial charge < -0.3 is 11.5 Å². The summed E-state index contributed by atoms with van der Waals surface area (Å²) in [6.07, 6.45) is 5.35. The second-order valence-corrected chi connectivity index (χ2v) is 4.60. The van der Waals surface area contributed by atoms with Crippen LogP contribution in [0.1, 0.15) is 43.6 Å². The van der Waals surface area contributed by atoms with Gasteiger partial charge in [-0.25, -0.2) is 0 Å². The molecular weight excluding hydrogens is 218 g/mol. The van der Waals surface area contributed by atoms with Crippen molar-refractivity contribution >= 4 is 17.1 Å². The Kier molecular flexibility index (Phi) is 3.17. The van der Waals surface area contributed by atoms with Crippen molar-refractivity contribution in [2.45, 2.75) is 38.0 Å². The molecular formula is C12H17N3O2. The van der Waals surface area contributed by atoms with Crippen molar-refractivity contribution in [1.82, 2.24) is 0 Å². The second-order valence-electron chi connectivity index (χ2n) is 4.60. The van der Waals surface area contributed by atoms with Gasteiger partial charge in [0.05, 0.1) is 10.5 Å². The topological polar surface area (TPSA) is 95.2 Å². The van der Waals surface area contributed by atoms with Crippen molar-refractivity contribution in [3.8, 4) is 0 Å². The maximum atomic E-state index is 11.1. The first-order valence-corrected chi connectivity index (χ1v) is 5.93. The zero-order valence-corrected chi connectivity index (χ0v) is 9.69. The third kappa shape index (κ3) is 2.18. The fraction of sp³-hybridized carbons (Fsp3) is 0.500. The molecule has 92 valence electrons. The second kappa shape index (κ2) is 4.61. The fourth-order valence-corrected chi connectivity index (χ4v) is 2.66. The molecule has 0 unspecified atom stereocenters. The lowest BCUT2D eigenvalue weighted by Gasteiger charge is -2.23. The van der Waals surface area contributed by atoms with Crippen LogP contribution in [-0.4, -0.2) is 4.92 Å². The highest BCUT2D eigenvalue weighted by Crippen LogP contribution is 2.42. The van der Waals surface area contributed by atoms with Crippen LogP contribution >= 0.6 is 0 Å². The number of hydrogen-bond donors (Lipinski definition) is 2. The SMILES string of the molecule is Nc1ccc(N)c([N+](=O)[O-])c1C1CCCCC1. The van der Waals surface area contributed by atoms with E-state index >= 15 is 0 Å². The predicted molar refractivity (Wildman–Crippen MR) is 67.7 cm³/mol. The van der Waals surface area contributed by atoms with E-state index < -0.39 is 4.92 Å². The number of benzene rings is 1. The fourth-order valence-electron chi connectivity index (χ4n) is 2.66. The van der Waals surface area contributed by atoms with Crippen LogP contribution in [0.2, 0.25) is 0 Å². The number of nitrogens with two attached hydrogens (primary N) is 2. The molecule has 0 bridgehead atoms. The van der Waals surface area contributed by atoms with Crippen LogP contribution in [0.25, 0.3) is 0 Å². The molecule has 2 rings (SSSR count). The van der Waals surface area contributed by atoms with Crippen LogP contribution in [0.15, 0.2) is 12.1 Å². The Bertz CT molecular complexity index is 440. The summed E-state index contributed by atoms with van der Waals surface area (Å²) in [7, 11) is 0. The zero-order chi connectivity index (χ0) is 12.4. The van der Waals surface area contributed by atoms with Gasteiger partial charge in [-0.15, -0.1) is 0 Å². The van der Waals surface area contributed by atoms with Gasteiger partial charge in [0.2, 0.25) is 0 Å². The normalized spacial score (nSPS) is 16.9. The quantitative estimate of drug-likeness (QED) is 0.468. The molecule has 17 heavy (non-hydrogen) atoms. The molecule has 0 amide bonds. The van der Waals surface area contributed by atoms with E-state index in [0.29, 0.717) is 11.3 Å². The smallest absolute Gasteiger partial charge is 0.297 e. The van der Waals surface area contributed by atoms with Crippen LogP contribution in [-0.2, 0) is 0 Å². The standard InChI is InChI=1S/C12H17N3O2/c13-9-6-7-10(14)12(15(16)17)11(9)8-4-2-1-3-5-8/h6-8H,1-5,13-14H2. The van der Waals surface area contributed by atoms with E-state index in [2.05, 4.69) is 0 Å². The molecule has 1 fully saturated rings. The number of rotatable bonds is 2. The molecule has 4 N–H and O–H groups in total. The Morgan fingerprint density at radius 1 is 1.12 bits per heavy atom. The highest BCUT2D eigenvalue weighted by molar-refractivity contribution is 5.71. The number of nitro groups is 1. The van der Waals surface area contributed by atoms with Gasteiger partial charge >= 0.3 is 0 Å². The minimum Gasteiger partial charge on any atom is -0.398 e. The van der Waals surface area contributed by atoms with Crippen LogP contribution in [0.5, 0.6) is 0 Å². The number of hydrogen-bond acceptors (Lipinski definition) is 4. The van der Waals surface area contributed by atoms with Crippen LogP contribution in [0.3, 0.4) is 0 Å². The number of anilines is 2. The minimum absolute atomic E-state index is 0.0110. The van der Waals surface area contributed by atoms with Gasteiger partial charge in [0.25, 0.3) is 5.69 Å². The maximum Gasteiger partial charge on any atom is 0.297 e. The molecule has 0 saturated heterocycles. The van der Waals surface area contributed by atoms with Crippen molar-refractivity contribution in [3.05, 3.63) is 27.8 Å². The predicted octanol–water partition coefficient (Wildman–Crippen LogP) is 2.81. The number of nitrogen functional groups attached to an aromatic ring is 2. The maximum absolute atomic E-state index is 11.1. The minimum atomic E-state index is -0.407. The van der Waals surface area contributed by atoms with Crippen LogP contribution in [0.4, 0.5) is 17.1 Å². The third-order valence-electron chi connectivity index (χ3n) is 3.48. The van der Waals surface area contributed by atoms with E-state index in [1.54, 1.807) is 6.07 Å². The Morgan fingerprint density at radius 2 is 1.71 bits per heavy atom. The third-order valence-corrected chi connectivity index (χ3v) is 3.48. The molecule has 1 aromatic rings. The summed E-state index contributed by atoms with van der Waals surface area (Å²) in [5, 5.41) is 11.1. The molecule has 0 spiro atoms. The molecule has 0 aromatic heterocycles. The lowest BCUT2D eigenvalue weighted by Crippen LogP contribution is -2.11. The largest absolute Gasteiger partial charge is 0.398 e. The average Bonchev–Trinajstić information content (AvgIpc) is 2.32. The number of nitrogens with zero attached hydrogens (tertiary/aromatic N) is 1. The van der Waals surface area contributed by atoms with Crippen molar-refractivity contribution in [2.75, 3.05) is 11.5 Å². The lowest BCUT2D eigenvalue weighted by molar-refractivity contribution is -0.384. The summed E-state index contributed by atoms with van der Waals surface area (Å²) in [5.41, 5.74) is 13.0. The highest BCUT2D eigenvalue weighted by atomic mass is 16.6. The van der Waals surface area contributed by atoms with Gasteiger partial charge in [0, 0.05) is 5.69 Å². The van der Waals surface area contributed by atoms with E-state index in [1.807, 2.05) is 0 Å². The van der Waals surface area contributed by atoms with Gasteiger partial charge in [-0.1, -0.05) is 19.3 Å². The summed E-state index contributed by atoms with van der Waals surface area (Å²) >= 11 is 0. The van der Waals surface area contributed by atoms with Gasteiger partial charge in [-0.05, 0) is 30.9 Å². The van der Waals surface area contributed by atoms with Crippen molar-refractivity contribution in [2.24, 2.45) is 0 Å². The van der Waals surface area contributed by atoms with Gasteiger partial charge in [0.15, 0.2) is 0 Å². The molecule has 1 aromatic carbocycles. The summed E-state index contributed by atoms with van der Waals surface area (Å²) in [6.45, 7) is 0. The zero-order valence-electron chi connectivity index (χ0n) is 9.69. The highest BCUT2D eigenvalue weighted by Gasteiger charge is 2.28. The van der Waals surface area contributed by atoms with Crippen LogP contribution in [0, 0.1) is 10.1 Å². The van der Waals surface area contributed by atoms with E-state index in [9.17, 15) is 10.1 Å². The molecule has 0 aliphatic heterocycles. The summed E-state index contributed by atoms with van der Waals surface area (Å²) in [4.78, 5) is 10.7. The molecule has 1 aliphatic rings. The first-order valence-electron chi connectivity index (χ1n) is 5.93.